The van der Waals surface area contributed by atoms with E-state index in [1.54, 1.807) is 0 Å². The Kier molecular flexibility index (Phi) is 4.69. The van der Waals surface area contributed by atoms with Crippen LogP contribution in [0, 0.1) is 19.8 Å². The van der Waals surface area contributed by atoms with Crippen molar-refractivity contribution in [3.05, 3.63) is 29.3 Å². The molecule has 0 aromatic heterocycles. The number of nitrogens with zero attached hydrogens (tertiary/aromatic N) is 1. The molecule has 20 heavy (non-hydrogen) atoms. The molecule has 0 spiro atoms. The molecule has 3 heteroatoms. The molecule has 0 aliphatic carbocycles. The maximum absolute atomic E-state index is 12.4. The Morgan fingerprint density at radius 1 is 1.35 bits per heavy atom. The van der Waals surface area contributed by atoms with Crippen LogP contribution in [0.5, 0.6) is 5.75 Å². The lowest BCUT2D eigenvalue weighted by Gasteiger charge is -2.32. The van der Waals surface area contributed by atoms with E-state index in [-0.39, 0.29) is 5.91 Å². The molecule has 2 rings (SSSR count). The predicted octanol–water partition coefficient (Wildman–Crippen LogP) is 3.33. The number of rotatable bonds is 3. The second-order valence-electron chi connectivity index (χ2n) is 6.04. The average molecular weight is 275 g/mol. The molecular formula is C17H25NO2. The van der Waals surface area contributed by atoms with E-state index in [0.29, 0.717) is 5.92 Å². The lowest BCUT2D eigenvalue weighted by Crippen LogP contribution is -2.45. The highest BCUT2D eigenvalue weighted by Crippen LogP contribution is 2.20. The third-order valence-electron chi connectivity index (χ3n) is 4.11. The molecule has 1 aliphatic rings. The van der Waals surface area contributed by atoms with Crippen LogP contribution in [0.4, 0.5) is 0 Å². The third-order valence-corrected chi connectivity index (χ3v) is 4.11. The van der Waals surface area contributed by atoms with E-state index < -0.39 is 6.10 Å². The second-order valence-corrected chi connectivity index (χ2v) is 6.04. The molecule has 1 amide bonds. The van der Waals surface area contributed by atoms with Crippen LogP contribution in [0.25, 0.3) is 0 Å². The number of ether oxygens (including phenoxy) is 1. The van der Waals surface area contributed by atoms with Gasteiger partial charge in [-0.2, -0.15) is 0 Å². The summed E-state index contributed by atoms with van der Waals surface area (Å²) in [5.74, 6) is 1.48. The Bertz CT molecular complexity index is 484. The van der Waals surface area contributed by atoms with Crippen molar-refractivity contribution in [1.82, 2.24) is 4.90 Å². The van der Waals surface area contributed by atoms with Gasteiger partial charge in [0.05, 0.1) is 0 Å². The molecule has 1 fully saturated rings. The standard InChI is InChI=1S/C17H25NO2/c1-12-6-5-9-18(11-12)17(19)15(4)20-16-8-7-13(2)14(3)10-16/h7-8,10,12,15H,5-6,9,11H2,1-4H3/t12-,15-/m0/s1. The molecule has 0 N–H and O–H groups in total. The van der Waals surface area contributed by atoms with Gasteiger partial charge in [-0.25, -0.2) is 0 Å². The minimum absolute atomic E-state index is 0.106. The van der Waals surface area contributed by atoms with Crippen molar-refractivity contribution in [2.45, 2.75) is 46.6 Å². The fourth-order valence-corrected chi connectivity index (χ4v) is 2.69. The summed E-state index contributed by atoms with van der Waals surface area (Å²) in [7, 11) is 0. The Balaban J connectivity index is 1.98. The van der Waals surface area contributed by atoms with E-state index >= 15 is 0 Å². The average Bonchev–Trinajstić information content (AvgIpc) is 2.42. The number of carbonyl (C=O) groups excluding carboxylic acids is 1. The summed E-state index contributed by atoms with van der Waals surface area (Å²) in [6.45, 7) is 9.90. The highest BCUT2D eigenvalue weighted by atomic mass is 16.5. The summed E-state index contributed by atoms with van der Waals surface area (Å²) in [6.07, 6.45) is 1.90. The van der Waals surface area contributed by atoms with Crippen LogP contribution in [0.3, 0.4) is 0 Å². The molecule has 1 heterocycles. The molecule has 1 saturated heterocycles. The van der Waals surface area contributed by atoms with Crippen molar-refractivity contribution in [3.63, 3.8) is 0 Å². The molecule has 0 saturated carbocycles. The van der Waals surface area contributed by atoms with Gasteiger partial charge >= 0.3 is 0 Å². The summed E-state index contributed by atoms with van der Waals surface area (Å²) in [6, 6.07) is 5.97. The van der Waals surface area contributed by atoms with E-state index in [1.165, 1.54) is 17.5 Å². The van der Waals surface area contributed by atoms with Crippen LogP contribution in [-0.2, 0) is 4.79 Å². The van der Waals surface area contributed by atoms with E-state index in [4.69, 9.17) is 4.74 Å². The smallest absolute Gasteiger partial charge is 0.263 e. The Hall–Kier alpha value is -1.51. The molecule has 1 aromatic carbocycles. The van der Waals surface area contributed by atoms with Crippen molar-refractivity contribution in [3.8, 4) is 5.75 Å². The number of amides is 1. The molecule has 0 unspecified atom stereocenters. The van der Waals surface area contributed by atoms with Crippen LogP contribution < -0.4 is 4.74 Å². The van der Waals surface area contributed by atoms with E-state index in [0.717, 1.165) is 25.3 Å². The van der Waals surface area contributed by atoms with Crippen LogP contribution in [-0.4, -0.2) is 30.0 Å². The topological polar surface area (TPSA) is 29.5 Å². The SMILES string of the molecule is Cc1ccc(O[C@@H](C)C(=O)N2CCC[C@H](C)C2)cc1C. The van der Waals surface area contributed by atoms with E-state index in [9.17, 15) is 4.79 Å². The Morgan fingerprint density at radius 3 is 2.75 bits per heavy atom. The van der Waals surface area contributed by atoms with Gasteiger partial charge in [0.1, 0.15) is 5.75 Å². The lowest BCUT2D eigenvalue weighted by atomic mass is 10.00. The fraction of sp³-hybridized carbons (Fsp3) is 0.588. The summed E-state index contributed by atoms with van der Waals surface area (Å²) < 4.78 is 5.81. The fourth-order valence-electron chi connectivity index (χ4n) is 2.69. The number of piperidine rings is 1. The number of likely N-dealkylation sites (tertiary alicyclic amines) is 1. The van der Waals surface area contributed by atoms with Gasteiger partial charge in [-0.3, -0.25) is 4.79 Å². The summed E-state index contributed by atoms with van der Waals surface area (Å²) in [5, 5.41) is 0. The summed E-state index contributed by atoms with van der Waals surface area (Å²) in [5.41, 5.74) is 2.43. The molecule has 0 bridgehead atoms. The first kappa shape index (κ1) is 14.9. The zero-order valence-corrected chi connectivity index (χ0v) is 13.0. The number of aryl methyl sites for hydroxylation is 2. The first-order chi connectivity index (χ1) is 9.47. The van der Waals surface area contributed by atoms with Crippen LogP contribution in [0.15, 0.2) is 18.2 Å². The molecule has 3 nitrogen and oxygen atoms in total. The molecule has 1 aromatic rings. The largest absolute Gasteiger partial charge is 0.481 e. The van der Waals surface area contributed by atoms with Gasteiger partial charge in [-0.1, -0.05) is 13.0 Å². The highest BCUT2D eigenvalue weighted by molar-refractivity contribution is 5.81. The molecule has 0 radical (unpaired) electrons. The van der Waals surface area contributed by atoms with Crippen LogP contribution >= 0.6 is 0 Å². The summed E-state index contributed by atoms with van der Waals surface area (Å²) >= 11 is 0. The maximum atomic E-state index is 12.4. The number of hydrogen-bond donors (Lipinski definition) is 0. The molecule has 1 aliphatic heterocycles. The van der Waals surface area contributed by atoms with Crippen molar-refractivity contribution in [2.24, 2.45) is 5.92 Å². The van der Waals surface area contributed by atoms with Crippen LogP contribution in [0.1, 0.15) is 37.8 Å². The van der Waals surface area contributed by atoms with Gasteiger partial charge in [-0.15, -0.1) is 0 Å². The van der Waals surface area contributed by atoms with Gasteiger partial charge in [0.2, 0.25) is 0 Å². The Morgan fingerprint density at radius 2 is 2.10 bits per heavy atom. The summed E-state index contributed by atoms with van der Waals surface area (Å²) in [4.78, 5) is 14.3. The normalized spacial score (nSPS) is 20.6. The first-order valence-electron chi connectivity index (χ1n) is 7.50. The Labute approximate surface area is 121 Å². The zero-order valence-electron chi connectivity index (χ0n) is 13.0. The molecule has 110 valence electrons. The minimum atomic E-state index is -0.414. The highest BCUT2D eigenvalue weighted by Gasteiger charge is 2.26. The quantitative estimate of drug-likeness (QED) is 0.847. The number of hydrogen-bond acceptors (Lipinski definition) is 2. The van der Waals surface area contributed by atoms with Gasteiger partial charge in [-0.05, 0) is 62.8 Å². The van der Waals surface area contributed by atoms with Gasteiger partial charge in [0.25, 0.3) is 5.91 Å². The van der Waals surface area contributed by atoms with Crippen molar-refractivity contribution in [1.29, 1.82) is 0 Å². The second kappa shape index (κ2) is 6.29. The zero-order chi connectivity index (χ0) is 14.7. The van der Waals surface area contributed by atoms with E-state index in [2.05, 4.69) is 20.8 Å². The minimum Gasteiger partial charge on any atom is -0.481 e. The van der Waals surface area contributed by atoms with E-state index in [1.807, 2.05) is 30.0 Å². The predicted molar refractivity (Wildman–Crippen MR) is 81.0 cm³/mol. The lowest BCUT2D eigenvalue weighted by molar-refractivity contribution is -0.139. The first-order valence-corrected chi connectivity index (χ1v) is 7.50. The number of carbonyl (C=O) groups is 1. The molecule has 2 atom stereocenters. The molecular weight excluding hydrogens is 250 g/mol. The van der Waals surface area contributed by atoms with Crippen molar-refractivity contribution >= 4 is 5.91 Å². The van der Waals surface area contributed by atoms with Crippen molar-refractivity contribution in [2.75, 3.05) is 13.1 Å². The maximum Gasteiger partial charge on any atom is 0.263 e. The van der Waals surface area contributed by atoms with Gasteiger partial charge in [0.15, 0.2) is 6.10 Å². The van der Waals surface area contributed by atoms with Gasteiger partial charge in [0, 0.05) is 13.1 Å². The van der Waals surface area contributed by atoms with Crippen molar-refractivity contribution < 1.29 is 9.53 Å². The van der Waals surface area contributed by atoms with Crippen LogP contribution in [0.2, 0.25) is 0 Å². The number of benzene rings is 1. The monoisotopic (exact) mass is 275 g/mol. The van der Waals surface area contributed by atoms with Gasteiger partial charge < -0.3 is 9.64 Å². The third kappa shape index (κ3) is 3.53.